The Labute approximate surface area is 144 Å². The Kier molecular flexibility index (Phi) is 3.62. The summed E-state index contributed by atoms with van der Waals surface area (Å²) in [5.41, 5.74) is 0.505. The van der Waals surface area contributed by atoms with E-state index in [9.17, 15) is 14.7 Å². The van der Waals surface area contributed by atoms with E-state index < -0.39 is 12.6 Å². The SMILES string of the molecule is CC(=O)C(CO)NC(=O)c1ccc2ccc3cccc4ccc1c2c34. The molecule has 4 nitrogen and oxygen atoms in total. The monoisotopic (exact) mass is 331 g/mol. The van der Waals surface area contributed by atoms with Gasteiger partial charge in [0.1, 0.15) is 6.04 Å². The van der Waals surface area contributed by atoms with Crippen molar-refractivity contribution in [3.8, 4) is 0 Å². The average Bonchev–Trinajstić information content (AvgIpc) is 2.63. The van der Waals surface area contributed by atoms with Gasteiger partial charge in [0.25, 0.3) is 5.91 Å². The van der Waals surface area contributed by atoms with Crippen LogP contribution in [0.2, 0.25) is 0 Å². The van der Waals surface area contributed by atoms with Crippen LogP contribution in [-0.4, -0.2) is 29.4 Å². The summed E-state index contributed by atoms with van der Waals surface area (Å²) < 4.78 is 0. The summed E-state index contributed by atoms with van der Waals surface area (Å²) in [6.45, 7) is 0.943. The highest BCUT2D eigenvalue weighted by molar-refractivity contribution is 6.26. The molecule has 0 aliphatic rings. The van der Waals surface area contributed by atoms with Crippen molar-refractivity contribution in [3.05, 3.63) is 60.2 Å². The Morgan fingerprint density at radius 2 is 1.52 bits per heavy atom. The van der Waals surface area contributed by atoms with E-state index in [0.29, 0.717) is 5.56 Å². The third-order valence-electron chi connectivity index (χ3n) is 4.75. The van der Waals surface area contributed by atoms with Crippen LogP contribution in [0.4, 0.5) is 0 Å². The molecule has 4 aromatic rings. The summed E-state index contributed by atoms with van der Waals surface area (Å²) in [5.74, 6) is -0.624. The lowest BCUT2D eigenvalue weighted by Crippen LogP contribution is -2.42. The zero-order chi connectivity index (χ0) is 17.6. The predicted molar refractivity (Wildman–Crippen MR) is 99.2 cm³/mol. The molecule has 0 radical (unpaired) electrons. The Morgan fingerprint density at radius 3 is 2.16 bits per heavy atom. The molecule has 0 spiro atoms. The van der Waals surface area contributed by atoms with Crippen molar-refractivity contribution in [3.63, 3.8) is 0 Å². The van der Waals surface area contributed by atoms with Gasteiger partial charge in [-0.05, 0) is 45.3 Å². The molecule has 1 atom stereocenters. The molecule has 25 heavy (non-hydrogen) atoms. The highest BCUT2D eigenvalue weighted by Crippen LogP contribution is 2.35. The molecular weight excluding hydrogens is 314 g/mol. The van der Waals surface area contributed by atoms with Crippen molar-refractivity contribution in [1.82, 2.24) is 5.32 Å². The molecule has 0 aliphatic heterocycles. The fourth-order valence-corrected chi connectivity index (χ4v) is 3.45. The molecule has 4 rings (SSSR count). The first-order chi connectivity index (χ1) is 12.1. The minimum atomic E-state index is -0.883. The van der Waals surface area contributed by atoms with Crippen molar-refractivity contribution >= 4 is 44.0 Å². The van der Waals surface area contributed by atoms with E-state index in [1.54, 1.807) is 6.07 Å². The largest absolute Gasteiger partial charge is 0.394 e. The molecular formula is C21H17NO3. The van der Waals surface area contributed by atoms with Gasteiger partial charge in [0.15, 0.2) is 5.78 Å². The smallest absolute Gasteiger partial charge is 0.252 e. The number of ketones is 1. The Balaban J connectivity index is 1.93. The Bertz CT molecular complexity index is 1100. The van der Waals surface area contributed by atoms with Gasteiger partial charge in [-0.3, -0.25) is 9.59 Å². The topological polar surface area (TPSA) is 66.4 Å². The number of benzene rings is 4. The van der Waals surface area contributed by atoms with E-state index in [4.69, 9.17) is 0 Å². The maximum absolute atomic E-state index is 12.7. The number of rotatable bonds is 4. The summed E-state index contributed by atoms with van der Waals surface area (Å²) in [6.07, 6.45) is 0. The van der Waals surface area contributed by atoms with Gasteiger partial charge in [-0.1, -0.05) is 48.5 Å². The first-order valence-corrected chi connectivity index (χ1v) is 8.19. The van der Waals surface area contributed by atoms with Crippen LogP contribution in [0.5, 0.6) is 0 Å². The minimum Gasteiger partial charge on any atom is -0.394 e. The number of aliphatic hydroxyl groups is 1. The number of nitrogens with one attached hydrogen (secondary N) is 1. The zero-order valence-electron chi connectivity index (χ0n) is 13.7. The fourth-order valence-electron chi connectivity index (χ4n) is 3.45. The van der Waals surface area contributed by atoms with Crippen LogP contribution in [0.15, 0.2) is 54.6 Å². The van der Waals surface area contributed by atoms with E-state index in [-0.39, 0.29) is 11.7 Å². The molecule has 4 aromatic carbocycles. The molecule has 1 amide bonds. The minimum absolute atomic E-state index is 0.270. The summed E-state index contributed by atoms with van der Waals surface area (Å²) in [4.78, 5) is 24.2. The molecule has 0 aromatic heterocycles. The van der Waals surface area contributed by atoms with Gasteiger partial charge in [-0.25, -0.2) is 0 Å². The fraction of sp³-hybridized carbons (Fsp3) is 0.143. The van der Waals surface area contributed by atoms with Gasteiger partial charge < -0.3 is 10.4 Å². The number of aliphatic hydroxyl groups excluding tert-OH is 1. The van der Waals surface area contributed by atoms with Crippen LogP contribution in [0.3, 0.4) is 0 Å². The summed E-state index contributed by atoms with van der Waals surface area (Å²) in [5, 5.41) is 18.3. The molecule has 4 heteroatoms. The van der Waals surface area contributed by atoms with E-state index in [1.165, 1.54) is 6.92 Å². The van der Waals surface area contributed by atoms with Crippen molar-refractivity contribution in [2.75, 3.05) is 6.61 Å². The van der Waals surface area contributed by atoms with Crippen molar-refractivity contribution in [2.24, 2.45) is 0 Å². The number of amides is 1. The molecule has 0 heterocycles. The van der Waals surface area contributed by atoms with E-state index in [0.717, 1.165) is 32.3 Å². The number of Topliss-reactive ketones (excluding diaryl/α,β-unsaturated/α-hetero) is 1. The van der Waals surface area contributed by atoms with Gasteiger partial charge in [0.2, 0.25) is 0 Å². The van der Waals surface area contributed by atoms with Gasteiger partial charge in [-0.2, -0.15) is 0 Å². The van der Waals surface area contributed by atoms with Gasteiger partial charge in [-0.15, -0.1) is 0 Å². The van der Waals surface area contributed by atoms with Crippen LogP contribution in [-0.2, 0) is 4.79 Å². The maximum atomic E-state index is 12.7. The Hall–Kier alpha value is -2.98. The van der Waals surface area contributed by atoms with Crippen molar-refractivity contribution in [1.29, 1.82) is 0 Å². The lowest BCUT2D eigenvalue weighted by atomic mass is 9.91. The van der Waals surface area contributed by atoms with Crippen LogP contribution in [0.25, 0.3) is 32.3 Å². The molecule has 2 N–H and O–H groups in total. The highest BCUT2D eigenvalue weighted by Gasteiger charge is 2.19. The van der Waals surface area contributed by atoms with E-state index in [1.807, 2.05) is 24.3 Å². The van der Waals surface area contributed by atoms with E-state index in [2.05, 4.69) is 29.6 Å². The first-order valence-electron chi connectivity index (χ1n) is 8.19. The predicted octanol–water partition coefficient (Wildman–Crippen LogP) is 3.26. The standard InChI is InChI=1S/C21H17NO3/c1-12(24)18(11-23)22-21(25)17-10-8-15-6-5-13-3-2-4-14-7-9-16(17)20(15)19(13)14/h2-10,18,23H,11H2,1H3,(H,22,25). The van der Waals surface area contributed by atoms with Gasteiger partial charge in [0, 0.05) is 5.56 Å². The molecule has 1 unspecified atom stereocenters. The van der Waals surface area contributed by atoms with Crippen LogP contribution in [0.1, 0.15) is 17.3 Å². The molecule has 0 saturated heterocycles. The molecule has 0 saturated carbocycles. The van der Waals surface area contributed by atoms with Crippen LogP contribution in [0, 0.1) is 0 Å². The first kappa shape index (κ1) is 15.5. The van der Waals surface area contributed by atoms with Gasteiger partial charge in [0.05, 0.1) is 6.61 Å². The third kappa shape index (κ3) is 2.42. The second kappa shape index (κ2) is 5.83. The molecule has 0 fully saturated rings. The quantitative estimate of drug-likeness (QED) is 0.564. The summed E-state index contributed by atoms with van der Waals surface area (Å²) in [6, 6.07) is 17.0. The van der Waals surface area contributed by atoms with Crippen LogP contribution >= 0.6 is 0 Å². The maximum Gasteiger partial charge on any atom is 0.252 e. The second-order valence-corrected chi connectivity index (χ2v) is 6.29. The molecule has 0 aliphatic carbocycles. The van der Waals surface area contributed by atoms with E-state index >= 15 is 0 Å². The number of carbonyl (C=O) groups excluding carboxylic acids is 2. The van der Waals surface area contributed by atoms with Crippen LogP contribution < -0.4 is 5.32 Å². The van der Waals surface area contributed by atoms with Crippen molar-refractivity contribution in [2.45, 2.75) is 13.0 Å². The Morgan fingerprint density at radius 1 is 0.920 bits per heavy atom. The normalized spacial score (nSPS) is 12.7. The van der Waals surface area contributed by atoms with Gasteiger partial charge >= 0.3 is 0 Å². The number of carbonyl (C=O) groups is 2. The lowest BCUT2D eigenvalue weighted by molar-refractivity contribution is -0.119. The number of hydrogen-bond acceptors (Lipinski definition) is 3. The summed E-state index contributed by atoms with van der Waals surface area (Å²) >= 11 is 0. The molecule has 0 bridgehead atoms. The molecule has 124 valence electrons. The zero-order valence-corrected chi connectivity index (χ0v) is 13.7. The highest BCUT2D eigenvalue weighted by atomic mass is 16.3. The lowest BCUT2D eigenvalue weighted by Gasteiger charge is -2.16. The third-order valence-corrected chi connectivity index (χ3v) is 4.75. The average molecular weight is 331 g/mol. The second-order valence-electron chi connectivity index (χ2n) is 6.29. The number of hydrogen-bond donors (Lipinski definition) is 2. The van der Waals surface area contributed by atoms with Crippen molar-refractivity contribution < 1.29 is 14.7 Å². The summed E-state index contributed by atoms with van der Waals surface area (Å²) in [7, 11) is 0.